The van der Waals surface area contributed by atoms with E-state index < -0.39 is 0 Å². The van der Waals surface area contributed by atoms with Gasteiger partial charge in [-0.1, -0.05) is 42.5 Å². The topological polar surface area (TPSA) is 29.5 Å². The molecule has 0 aliphatic heterocycles. The van der Waals surface area contributed by atoms with Crippen LogP contribution in [0.1, 0.15) is 18.9 Å². The summed E-state index contributed by atoms with van der Waals surface area (Å²) >= 11 is 0. The van der Waals surface area contributed by atoms with Gasteiger partial charge in [-0.05, 0) is 36.1 Å². The molecule has 0 aliphatic rings. The van der Waals surface area contributed by atoms with Gasteiger partial charge in [0.15, 0.2) is 0 Å². The highest BCUT2D eigenvalue weighted by Crippen LogP contribution is 2.17. The van der Waals surface area contributed by atoms with Crippen LogP contribution in [0.4, 0.5) is 0 Å². The lowest BCUT2D eigenvalue weighted by Crippen LogP contribution is -2.06. The third-order valence-electron chi connectivity index (χ3n) is 2.83. The number of aryl methyl sites for hydroxylation is 1. The summed E-state index contributed by atoms with van der Waals surface area (Å²) in [5.74, 6) is 0. The summed E-state index contributed by atoms with van der Waals surface area (Å²) < 4.78 is 0. The van der Waals surface area contributed by atoms with E-state index in [1.54, 1.807) is 0 Å². The number of hydrogen-bond donors (Lipinski definition) is 1. The van der Waals surface area contributed by atoms with Crippen molar-refractivity contribution in [3.63, 3.8) is 0 Å². The summed E-state index contributed by atoms with van der Waals surface area (Å²) in [7, 11) is 0. The number of hydrogen-bond acceptors (Lipinski definition) is 2. The number of rotatable bonds is 4. The van der Waals surface area contributed by atoms with Crippen LogP contribution in [0.3, 0.4) is 0 Å². The Morgan fingerprint density at radius 1 is 1.12 bits per heavy atom. The summed E-state index contributed by atoms with van der Waals surface area (Å²) in [4.78, 5) is 4.26. The zero-order valence-corrected chi connectivity index (χ0v) is 9.39. The Labute approximate surface area is 95.4 Å². The molecule has 16 heavy (non-hydrogen) atoms. The van der Waals surface area contributed by atoms with Crippen LogP contribution >= 0.6 is 0 Å². The standard InChI is InChI=1S/C14H16O2/c1-11(16-15)6-7-12-8-9-13-4-2-3-5-14(13)10-12/h2-5,8-11,15H,6-7H2,1H3. The molecule has 0 heterocycles. The molecule has 2 aromatic carbocycles. The summed E-state index contributed by atoms with van der Waals surface area (Å²) in [5, 5.41) is 11.0. The monoisotopic (exact) mass is 216 g/mol. The van der Waals surface area contributed by atoms with Crippen LogP contribution in [0.15, 0.2) is 42.5 Å². The van der Waals surface area contributed by atoms with Crippen LogP contribution in [-0.2, 0) is 11.3 Å². The van der Waals surface area contributed by atoms with E-state index in [9.17, 15) is 0 Å². The molecule has 0 saturated carbocycles. The lowest BCUT2D eigenvalue weighted by atomic mass is 10.0. The third-order valence-corrected chi connectivity index (χ3v) is 2.83. The SMILES string of the molecule is CC(CCc1ccc2ccccc2c1)OO. The summed E-state index contributed by atoms with van der Waals surface area (Å²) in [6, 6.07) is 14.8. The van der Waals surface area contributed by atoms with E-state index in [-0.39, 0.29) is 6.10 Å². The van der Waals surface area contributed by atoms with Crippen LogP contribution in [0.2, 0.25) is 0 Å². The van der Waals surface area contributed by atoms with E-state index in [2.05, 4.69) is 35.2 Å². The van der Waals surface area contributed by atoms with Gasteiger partial charge in [-0.25, -0.2) is 4.89 Å². The number of benzene rings is 2. The minimum absolute atomic E-state index is 0.105. The van der Waals surface area contributed by atoms with E-state index in [4.69, 9.17) is 5.26 Å². The predicted molar refractivity (Wildman–Crippen MR) is 65.4 cm³/mol. The quantitative estimate of drug-likeness (QED) is 0.624. The van der Waals surface area contributed by atoms with Crippen LogP contribution in [0.5, 0.6) is 0 Å². The Bertz CT molecular complexity index is 465. The van der Waals surface area contributed by atoms with Gasteiger partial charge >= 0.3 is 0 Å². The van der Waals surface area contributed by atoms with Crippen molar-refractivity contribution in [2.75, 3.05) is 0 Å². The van der Waals surface area contributed by atoms with E-state index in [0.717, 1.165) is 12.8 Å². The molecule has 2 aromatic rings. The maximum Gasteiger partial charge on any atom is 0.0902 e. The first kappa shape index (κ1) is 11.1. The van der Waals surface area contributed by atoms with Gasteiger partial charge < -0.3 is 0 Å². The van der Waals surface area contributed by atoms with E-state index >= 15 is 0 Å². The predicted octanol–water partition coefficient (Wildman–Crippen LogP) is 3.65. The second-order valence-electron chi connectivity index (χ2n) is 4.14. The van der Waals surface area contributed by atoms with Crippen LogP contribution < -0.4 is 0 Å². The summed E-state index contributed by atoms with van der Waals surface area (Å²) in [6.07, 6.45) is 1.65. The van der Waals surface area contributed by atoms with E-state index in [1.165, 1.54) is 16.3 Å². The third kappa shape index (κ3) is 2.60. The van der Waals surface area contributed by atoms with Crippen molar-refractivity contribution in [3.05, 3.63) is 48.0 Å². The molecular weight excluding hydrogens is 200 g/mol. The van der Waals surface area contributed by atoms with Crippen molar-refractivity contribution in [2.45, 2.75) is 25.9 Å². The largest absolute Gasteiger partial charge is 0.252 e. The number of fused-ring (bicyclic) bond motifs is 1. The van der Waals surface area contributed by atoms with Gasteiger partial charge in [0, 0.05) is 0 Å². The Balaban J connectivity index is 2.13. The highest BCUT2D eigenvalue weighted by Gasteiger charge is 2.02. The minimum Gasteiger partial charge on any atom is -0.252 e. The summed E-state index contributed by atoms with van der Waals surface area (Å²) in [6.45, 7) is 1.86. The first-order valence-electron chi connectivity index (χ1n) is 5.57. The fraction of sp³-hybridized carbons (Fsp3) is 0.286. The van der Waals surface area contributed by atoms with Gasteiger partial charge in [0.25, 0.3) is 0 Å². The Morgan fingerprint density at radius 3 is 2.62 bits per heavy atom. The van der Waals surface area contributed by atoms with Crippen LogP contribution in [-0.4, -0.2) is 11.4 Å². The van der Waals surface area contributed by atoms with Crippen molar-refractivity contribution in [3.8, 4) is 0 Å². The Hall–Kier alpha value is -1.38. The fourth-order valence-electron chi connectivity index (χ4n) is 1.82. The van der Waals surface area contributed by atoms with Crippen LogP contribution in [0, 0.1) is 0 Å². The van der Waals surface area contributed by atoms with Crippen molar-refractivity contribution < 1.29 is 10.1 Å². The van der Waals surface area contributed by atoms with E-state index in [1.807, 2.05) is 19.1 Å². The molecule has 1 N–H and O–H groups in total. The maximum absolute atomic E-state index is 8.48. The molecule has 84 valence electrons. The molecule has 0 bridgehead atoms. The van der Waals surface area contributed by atoms with Gasteiger partial charge in [-0.3, -0.25) is 5.26 Å². The molecule has 2 rings (SSSR count). The van der Waals surface area contributed by atoms with Gasteiger partial charge in [0.05, 0.1) is 6.10 Å². The lowest BCUT2D eigenvalue weighted by Gasteiger charge is -2.07. The van der Waals surface area contributed by atoms with E-state index in [0.29, 0.717) is 0 Å². The van der Waals surface area contributed by atoms with Gasteiger partial charge in [-0.15, -0.1) is 0 Å². The molecule has 0 radical (unpaired) electrons. The average Bonchev–Trinajstić information content (AvgIpc) is 2.35. The minimum atomic E-state index is -0.105. The molecule has 1 atom stereocenters. The van der Waals surface area contributed by atoms with Crippen molar-refractivity contribution in [2.24, 2.45) is 0 Å². The highest BCUT2D eigenvalue weighted by molar-refractivity contribution is 5.82. The average molecular weight is 216 g/mol. The normalized spacial score (nSPS) is 12.9. The molecule has 2 nitrogen and oxygen atoms in total. The van der Waals surface area contributed by atoms with Crippen molar-refractivity contribution in [1.29, 1.82) is 0 Å². The van der Waals surface area contributed by atoms with Crippen molar-refractivity contribution in [1.82, 2.24) is 0 Å². The molecule has 1 unspecified atom stereocenters. The zero-order chi connectivity index (χ0) is 11.4. The van der Waals surface area contributed by atoms with Crippen LogP contribution in [0.25, 0.3) is 10.8 Å². The van der Waals surface area contributed by atoms with Gasteiger partial charge in [-0.2, -0.15) is 0 Å². The molecule has 0 spiro atoms. The maximum atomic E-state index is 8.48. The van der Waals surface area contributed by atoms with Gasteiger partial charge in [0.1, 0.15) is 0 Å². The molecule has 0 saturated heterocycles. The second kappa shape index (κ2) is 5.10. The fourth-order valence-corrected chi connectivity index (χ4v) is 1.82. The lowest BCUT2D eigenvalue weighted by molar-refractivity contribution is -0.274. The first-order chi connectivity index (χ1) is 7.79. The molecule has 0 amide bonds. The molecular formula is C14H16O2. The second-order valence-corrected chi connectivity index (χ2v) is 4.14. The Kier molecular flexibility index (Phi) is 3.54. The molecule has 0 fully saturated rings. The molecule has 2 heteroatoms. The Morgan fingerprint density at radius 2 is 1.88 bits per heavy atom. The first-order valence-corrected chi connectivity index (χ1v) is 5.57. The van der Waals surface area contributed by atoms with Crippen molar-refractivity contribution >= 4 is 10.8 Å². The molecule has 0 aliphatic carbocycles. The highest BCUT2D eigenvalue weighted by atomic mass is 17.1. The molecule has 0 aromatic heterocycles. The zero-order valence-electron chi connectivity index (χ0n) is 9.39. The smallest absolute Gasteiger partial charge is 0.0902 e. The van der Waals surface area contributed by atoms with Gasteiger partial charge in [0.2, 0.25) is 0 Å². The summed E-state index contributed by atoms with van der Waals surface area (Å²) in [5.41, 5.74) is 1.28.